The average Bonchev–Trinajstić information content (AvgIpc) is 2.96. The summed E-state index contributed by atoms with van der Waals surface area (Å²) in [5, 5.41) is 16.7. The molecule has 0 fully saturated rings. The Morgan fingerprint density at radius 3 is 0.533 bits per heavy atom. The molecule has 0 saturated carbocycles. The van der Waals surface area contributed by atoms with E-state index in [-0.39, 0.29) is 75.0 Å². The van der Waals surface area contributed by atoms with Crippen molar-refractivity contribution in [3.63, 3.8) is 0 Å². The van der Waals surface area contributed by atoms with E-state index in [1.807, 2.05) is 96.9 Å². The third kappa shape index (κ3) is 37.6. The van der Waals surface area contributed by atoms with Gasteiger partial charge >= 0.3 is 18.1 Å². The Hall–Kier alpha value is 0.917. The third-order valence-electron chi connectivity index (χ3n) is 6.73. The van der Waals surface area contributed by atoms with Gasteiger partial charge in [-0.25, -0.2) is 0 Å². The molecule has 8 unspecified atom stereocenters. The molecule has 0 rings (SSSR count). The van der Waals surface area contributed by atoms with Crippen molar-refractivity contribution in [1.82, 2.24) is 0 Å². The molecular formula is C32H76O10Si2Zr. The van der Waals surface area contributed by atoms with Crippen LogP contribution in [0.1, 0.15) is 162 Å². The van der Waals surface area contributed by atoms with E-state index in [2.05, 4.69) is 0 Å². The Morgan fingerprint density at radius 2 is 0.467 bits per heavy atom. The minimum absolute atomic E-state index is 0. The standard InChI is InChI=1S/2C12H28O4Si.2C4H10O.Zr/c2*1-7-10(4)14-17(13,15-11(5)8-2)16-12(6)9-3;2*1-3-4(2)5;/h2*10-13H,7-9H2,1-6H3;2*4-5H,3H2,1-2H3;. The molecule has 0 aliphatic rings. The first-order valence-corrected chi connectivity index (χ1v) is 20.5. The van der Waals surface area contributed by atoms with Gasteiger partial charge in [0.1, 0.15) is 0 Å². The predicted molar refractivity (Wildman–Crippen MR) is 185 cm³/mol. The molecule has 0 bridgehead atoms. The van der Waals surface area contributed by atoms with Crippen LogP contribution in [-0.4, -0.2) is 86.7 Å². The van der Waals surface area contributed by atoms with Crippen molar-refractivity contribution in [1.29, 1.82) is 0 Å². The van der Waals surface area contributed by atoms with Gasteiger partial charge in [-0.2, -0.15) is 0 Å². The number of hydrogen-bond acceptors (Lipinski definition) is 10. The summed E-state index contributed by atoms with van der Waals surface area (Å²) >= 11 is 0. The second kappa shape index (κ2) is 33.4. The molecule has 0 aromatic carbocycles. The van der Waals surface area contributed by atoms with Gasteiger partial charge in [0.2, 0.25) is 0 Å². The molecule has 276 valence electrons. The van der Waals surface area contributed by atoms with Crippen molar-refractivity contribution in [2.24, 2.45) is 0 Å². The molecule has 4 N–H and O–H groups in total. The van der Waals surface area contributed by atoms with Crippen LogP contribution < -0.4 is 0 Å². The molecule has 0 aliphatic heterocycles. The SMILES string of the molecule is CCC(C)O.CCC(C)O.CCC(C)O[Si](O)(OC(C)CC)OC(C)CC.CCC(C)O[Si](O)(OC(C)CC)OC(C)CC.[Zr]. The van der Waals surface area contributed by atoms with Crippen LogP contribution in [0.3, 0.4) is 0 Å². The summed E-state index contributed by atoms with van der Waals surface area (Å²) in [7, 11) is -7.00. The largest absolute Gasteiger partial charge is 0.677 e. The van der Waals surface area contributed by atoms with Crippen molar-refractivity contribution in [3.05, 3.63) is 0 Å². The van der Waals surface area contributed by atoms with E-state index in [9.17, 15) is 9.59 Å². The van der Waals surface area contributed by atoms with Gasteiger partial charge in [0.05, 0.1) is 12.2 Å². The summed E-state index contributed by atoms with van der Waals surface area (Å²) in [5.74, 6) is 0. The van der Waals surface area contributed by atoms with Crippen molar-refractivity contribution >= 4 is 18.1 Å². The van der Waals surface area contributed by atoms with Crippen LogP contribution in [0.4, 0.5) is 0 Å². The van der Waals surface area contributed by atoms with Gasteiger partial charge in [-0.3, -0.25) is 0 Å². The van der Waals surface area contributed by atoms with Gasteiger partial charge < -0.3 is 46.4 Å². The van der Waals surface area contributed by atoms with E-state index in [0.29, 0.717) is 0 Å². The summed E-state index contributed by atoms with van der Waals surface area (Å²) in [6.45, 7) is 31.0. The Balaban J connectivity index is -0.000000179. The van der Waals surface area contributed by atoms with Crippen molar-refractivity contribution in [3.8, 4) is 0 Å². The van der Waals surface area contributed by atoms with E-state index in [4.69, 9.17) is 36.8 Å². The third-order valence-corrected chi connectivity index (χ3v) is 10.9. The summed E-state index contributed by atoms with van der Waals surface area (Å²) < 4.78 is 33.5. The molecule has 0 saturated heterocycles. The fourth-order valence-corrected chi connectivity index (χ4v) is 6.58. The van der Waals surface area contributed by atoms with Gasteiger partial charge in [-0.1, -0.05) is 55.4 Å². The first-order valence-electron chi connectivity index (χ1n) is 17.1. The number of aliphatic hydroxyl groups excluding tert-OH is 2. The quantitative estimate of drug-likeness (QED) is 0.0937. The molecule has 45 heavy (non-hydrogen) atoms. The summed E-state index contributed by atoms with van der Waals surface area (Å²) in [5.41, 5.74) is 0. The van der Waals surface area contributed by atoms with Gasteiger partial charge in [0.25, 0.3) is 0 Å². The van der Waals surface area contributed by atoms with E-state index in [1.54, 1.807) is 13.8 Å². The van der Waals surface area contributed by atoms with E-state index in [1.165, 1.54) is 0 Å². The Morgan fingerprint density at radius 1 is 0.356 bits per heavy atom. The molecule has 0 spiro atoms. The molecule has 0 aromatic rings. The maximum absolute atomic E-state index is 10.4. The predicted octanol–water partition coefficient (Wildman–Crippen LogP) is 7.27. The van der Waals surface area contributed by atoms with Gasteiger partial charge in [-0.15, -0.1) is 0 Å². The van der Waals surface area contributed by atoms with Crippen LogP contribution in [0, 0.1) is 0 Å². The zero-order valence-electron chi connectivity index (χ0n) is 32.0. The normalized spacial score (nSPS) is 18.9. The van der Waals surface area contributed by atoms with Gasteiger partial charge in [0, 0.05) is 62.8 Å². The monoisotopic (exact) mass is 766 g/mol. The van der Waals surface area contributed by atoms with Crippen LogP contribution in [0.25, 0.3) is 0 Å². The molecule has 10 nitrogen and oxygen atoms in total. The minimum Gasteiger partial charge on any atom is -0.393 e. The zero-order valence-corrected chi connectivity index (χ0v) is 36.5. The Kier molecular flexibility index (Phi) is 41.1. The minimum atomic E-state index is -3.50. The Bertz CT molecular complexity index is 496. The summed E-state index contributed by atoms with van der Waals surface area (Å²) in [4.78, 5) is 20.8. The van der Waals surface area contributed by atoms with Crippen molar-refractivity contribution in [2.75, 3.05) is 0 Å². The van der Waals surface area contributed by atoms with Crippen LogP contribution in [0.5, 0.6) is 0 Å². The fourth-order valence-electron chi connectivity index (χ4n) is 2.19. The average molecular weight is 768 g/mol. The first kappa shape index (κ1) is 55.3. The number of aliphatic hydroxyl groups is 2. The number of hydrogen-bond donors (Lipinski definition) is 4. The molecular weight excluding hydrogens is 692 g/mol. The molecule has 0 radical (unpaired) electrons. The van der Waals surface area contributed by atoms with Gasteiger partial charge in [-0.05, 0) is 107 Å². The second-order valence-corrected chi connectivity index (χ2v) is 15.1. The van der Waals surface area contributed by atoms with Crippen molar-refractivity contribution < 1.29 is 72.6 Å². The Labute approximate surface area is 300 Å². The van der Waals surface area contributed by atoms with Crippen molar-refractivity contribution in [2.45, 2.75) is 211 Å². The summed E-state index contributed by atoms with van der Waals surface area (Å²) in [6, 6.07) is 0. The maximum Gasteiger partial charge on any atom is 0.677 e. The molecule has 13 heteroatoms. The molecule has 0 amide bonds. The zero-order chi connectivity index (χ0) is 35.5. The maximum atomic E-state index is 10.4. The fraction of sp³-hybridized carbons (Fsp3) is 1.00. The molecule has 0 aromatic heterocycles. The topological polar surface area (TPSA) is 136 Å². The first-order chi connectivity index (χ1) is 20.3. The van der Waals surface area contributed by atoms with E-state index in [0.717, 1.165) is 51.4 Å². The van der Waals surface area contributed by atoms with Gasteiger partial charge in [0.15, 0.2) is 0 Å². The van der Waals surface area contributed by atoms with Crippen LogP contribution in [-0.2, 0) is 52.8 Å². The van der Waals surface area contributed by atoms with Crippen LogP contribution in [0.15, 0.2) is 0 Å². The van der Waals surface area contributed by atoms with Crippen LogP contribution in [0.2, 0.25) is 0 Å². The smallest absolute Gasteiger partial charge is 0.393 e. The second-order valence-electron chi connectivity index (χ2n) is 11.6. The number of rotatable bonds is 20. The van der Waals surface area contributed by atoms with E-state index >= 15 is 0 Å². The summed E-state index contributed by atoms with van der Waals surface area (Å²) in [6.07, 6.45) is 6.09. The van der Waals surface area contributed by atoms with Crippen LogP contribution >= 0.6 is 0 Å². The molecule has 0 heterocycles. The molecule has 0 aliphatic carbocycles. The van der Waals surface area contributed by atoms with E-state index < -0.39 is 18.1 Å². The molecule has 8 atom stereocenters.